The van der Waals surface area contributed by atoms with Gasteiger partial charge in [0.2, 0.25) is 5.91 Å². The Hall–Kier alpha value is -3.53. The first kappa shape index (κ1) is 23.8. The lowest BCUT2D eigenvalue weighted by molar-refractivity contribution is -0.116. The number of hydrogen-bond donors (Lipinski definition) is 2. The van der Waals surface area contributed by atoms with Crippen LogP contribution in [0.3, 0.4) is 0 Å². The molecule has 3 N–H and O–H groups in total. The number of nitrogens with zero attached hydrogens (tertiary/aromatic N) is 4. The lowest BCUT2D eigenvalue weighted by Gasteiger charge is -2.15. The molecule has 6 rings (SSSR count). The lowest BCUT2D eigenvalue weighted by atomic mass is 9.99. The highest BCUT2D eigenvalue weighted by molar-refractivity contribution is 7.15. The van der Waals surface area contributed by atoms with Crippen LogP contribution >= 0.6 is 22.9 Å². The molecule has 0 radical (unpaired) electrons. The smallest absolute Gasteiger partial charge is 0.227 e. The van der Waals surface area contributed by atoms with Gasteiger partial charge in [0.15, 0.2) is 5.82 Å². The molecule has 0 saturated carbocycles. The van der Waals surface area contributed by atoms with Gasteiger partial charge in [0, 0.05) is 43.5 Å². The zero-order chi connectivity index (χ0) is 25.8. The van der Waals surface area contributed by atoms with E-state index in [0.717, 1.165) is 44.4 Å². The Labute approximate surface area is 223 Å². The van der Waals surface area contributed by atoms with Crippen molar-refractivity contribution in [3.05, 3.63) is 85.8 Å². The van der Waals surface area contributed by atoms with Crippen LogP contribution in [0.25, 0.3) is 5.00 Å². The number of benzene rings is 2. The number of aromatic nitrogens is 3. The third-order valence-corrected chi connectivity index (χ3v) is 8.41. The van der Waals surface area contributed by atoms with Crippen molar-refractivity contribution >= 4 is 45.9 Å². The zero-order valence-electron chi connectivity index (χ0n) is 20.6. The van der Waals surface area contributed by atoms with E-state index in [0.29, 0.717) is 35.4 Å². The maximum atomic E-state index is 13.4. The van der Waals surface area contributed by atoms with Crippen LogP contribution in [0.4, 0.5) is 11.4 Å². The molecule has 8 nitrogen and oxygen atoms in total. The van der Waals surface area contributed by atoms with Crippen LogP contribution in [-0.2, 0) is 22.7 Å². The summed E-state index contributed by atoms with van der Waals surface area (Å²) in [4.78, 5) is 19.8. The number of nitrogen functional groups attached to an aromatic ring is 1. The van der Waals surface area contributed by atoms with Crippen LogP contribution in [0, 0.1) is 20.8 Å². The molecule has 1 atom stereocenters. The van der Waals surface area contributed by atoms with Crippen LogP contribution in [-0.4, -0.2) is 26.4 Å². The second-order valence-electron chi connectivity index (χ2n) is 9.31. The lowest BCUT2D eigenvalue weighted by Crippen LogP contribution is -2.18. The third kappa shape index (κ3) is 4.03. The summed E-state index contributed by atoms with van der Waals surface area (Å²) >= 11 is 7.87. The Kier molecular flexibility index (Phi) is 5.86. The fraction of sp³-hybridized carbons (Fsp3) is 0.259. The number of thiophene rings is 1. The van der Waals surface area contributed by atoms with Crippen molar-refractivity contribution in [1.82, 2.24) is 14.8 Å². The Morgan fingerprint density at radius 1 is 1.14 bits per heavy atom. The Morgan fingerprint density at radius 2 is 1.89 bits per heavy atom. The second-order valence-corrected chi connectivity index (χ2v) is 10.9. The molecule has 0 aliphatic carbocycles. The quantitative estimate of drug-likeness (QED) is 0.340. The van der Waals surface area contributed by atoms with Gasteiger partial charge in [-0.1, -0.05) is 23.7 Å². The first-order valence-corrected chi connectivity index (χ1v) is 13.2. The van der Waals surface area contributed by atoms with Crippen LogP contribution in [0.1, 0.15) is 56.8 Å². The normalized spacial score (nSPS) is 16.0. The molecule has 0 spiro atoms. The van der Waals surface area contributed by atoms with Crippen LogP contribution in [0.15, 0.2) is 41.4 Å². The van der Waals surface area contributed by atoms with E-state index in [4.69, 9.17) is 27.1 Å². The van der Waals surface area contributed by atoms with Crippen molar-refractivity contribution in [3.63, 3.8) is 0 Å². The van der Waals surface area contributed by atoms with E-state index in [1.54, 1.807) is 17.4 Å². The number of aliphatic imine (C=N–C) groups is 1. The van der Waals surface area contributed by atoms with Gasteiger partial charge in [-0.15, -0.1) is 21.5 Å². The fourth-order valence-corrected chi connectivity index (χ4v) is 6.27. The molecule has 2 aliphatic rings. The van der Waals surface area contributed by atoms with Gasteiger partial charge < -0.3 is 15.8 Å². The SMILES string of the molecule is Cc1sc2c(c1C)C(c1ccc(Cl)cc1)=N[C@@H](CC(=O)Nc1ccc(N)c3c1COC3)c1nnc(C)n1-2. The number of carbonyl (C=O) groups excluding carboxylic acids is 1. The fourth-order valence-electron chi connectivity index (χ4n) is 4.93. The topological polar surface area (TPSA) is 107 Å². The van der Waals surface area contributed by atoms with Crippen LogP contribution in [0.5, 0.6) is 0 Å². The van der Waals surface area contributed by atoms with Crippen LogP contribution in [0.2, 0.25) is 5.02 Å². The molecular formula is C27H25ClN6O2S. The first-order chi connectivity index (χ1) is 17.8. The zero-order valence-corrected chi connectivity index (χ0v) is 22.2. The summed E-state index contributed by atoms with van der Waals surface area (Å²) < 4.78 is 7.61. The summed E-state index contributed by atoms with van der Waals surface area (Å²) in [6.07, 6.45) is 0.0994. The largest absolute Gasteiger partial charge is 0.398 e. The molecule has 4 heterocycles. The van der Waals surface area contributed by atoms with E-state index < -0.39 is 6.04 Å². The number of amides is 1. The number of nitrogens with one attached hydrogen (secondary N) is 1. The molecule has 2 aromatic heterocycles. The van der Waals surface area contributed by atoms with Gasteiger partial charge in [-0.25, -0.2) is 0 Å². The number of rotatable bonds is 4. The number of anilines is 2. The third-order valence-electron chi connectivity index (χ3n) is 6.97. The molecule has 0 bridgehead atoms. The van der Waals surface area contributed by atoms with E-state index in [-0.39, 0.29) is 12.3 Å². The number of ether oxygens (including phenoxy) is 1. The molecule has 4 aromatic rings. The van der Waals surface area contributed by atoms with Gasteiger partial charge in [-0.3, -0.25) is 14.4 Å². The maximum absolute atomic E-state index is 13.4. The van der Waals surface area contributed by atoms with Gasteiger partial charge >= 0.3 is 0 Å². The number of carbonyl (C=O) groups is 1. The van der Waals surface area contributed by atoms with Crippen molar-refractivity contribution in [3.8, 4) is 5.00 Å². The number of aryl methyl sites for hydroxylation is 2. The monoisotopic (exact) mass is 532 g/mol. The Bertz CT molecular complexity index is 1590. The number of halogens is 1. The van der Waals surface area contributed by atoms with Crippen molar-refractivity contribution in [1.29, 1.82) is 0 Å². The van der Waals surface area contributed by atoms with E-state index in [1.807, 2.05) is 41.8 Å². The number of nitrogens with two attached hydrogens (primary N) is 1. The molecule has 0 unspecified atom stereocenters. The molecule has 37 heavy (non-hydrogen) atoms. The second kappa shape index (κ2) is 9.09. The molecule has 2 aromatic carbocycles. The summed E-state index contributed by atoms with van der Waals surface area (Å²) in [6, 6.07) is 10.7. The van der Waals surface area contributed by atoms with Crippen molar-refractivity contribution in [2.24, 2.45) is 4.99 Å². The summed E-state index contributed by atoms with van der Waals surface area (Å²) in [5.41, 5.74) is 13.3. The minimum absolute atomic E-state index is 0.0994. The van der Waals surface area contributed by atoms with Crippen LogP contribution < -0.4 is 11.1 Å². The average molecular weight is 533 g/mol. The highest BCUT2D eigenvalue weighted by atomic mass is 35.5. The van der Waals surface area contributed by atoms with Gasteiger partial charge in [0.25, 0.3) is 0 Å². The van der Waals surface area contributed by atoms with E-state index in [1.165, 1.54) is 4.88 Å². The Balaban J connectivity index is 1.43. The molecule has 188 valence electrons. The van der Waals surface area contributed by atoms with Crippen molar-refractivity contribution in [2.75, 3.05) is 11.1 Å². The average Bonchev–Trinajstić information content (AvgIpc) is 3.56. The van der Waals surface area contributed by atoms with Gasteiger partial charge in [0.05, 0.1) is 25.3 Å². The van der Waals surface area contributed by atoms with E-state index >= 15 is 0 Å². The van der Waals surface area contributed by atoms with Gasteiger partial charge in [-0.2, -0.15) is 0 Å². The predicted molar refractivity (Wildman–Crippen MR) is 146 cm³/mol. The minimum atomic E-state index is -0.538. The van der Waals surface area contributed by atoms with Crippen molar-refractivity contribution < 1.29 is 9.53 Å². The van der Waals surface area contributed by atoms with Crippen molar-refractivity contribution in [2.45, 2.75) is 46.4 Å². The summed E-state index contributed by atoms with van der Waals surface area (Å²) in [5.74, 6) is 1.22. The summed E-state index contributed by atoms with van der Waals surface area (Å²) in [7, 11) is 0. The number of fused-ring (bicyclic) bond motifs is 4. The highest BCUT2D eigenvalue weighted by Gasteiger charge is 2.32. The van der Waals surface area contributed by atoms with E-state index in [2.05, 4.69) is 29.4 Å². The molecule has 0 saturated heterocycles. The molecule has 1 amide bonds. The van der Waals surface area contributed by atoms with E-state index in [9.17, 15) is 4.79 Å². The van der Waals surface area contributed by atoms with Gasteiger partial charge in [-0.05, 0) is 50.6 Å². The maximum Gasteiger partial charge on any atom is 0.227 e. The standard InChI is InChI=1S/C27H25ClN6O2S/c1-13-14(2)37-27-24(13)25(16-4-6-17(28)7-5-16)31-22(26-33-32-15(3)34(26)27)10-23(35)30-21-9-8-20(29)18-11-36-12-19(18)21/h4-9,22H,10-12,29H2,1-3H3,(H,30,35)/t22-/m0/s1. The molecular weight excluding hydrogens is 508 g/mol. The highest BCUT2D eigenvalue weighted by Crippen LogP contribution is 2.40. The Morgan fingerprint density at radius 3 is 2.68 bits per heavy atom. The van der Waals surface area contributed by atoms with Gasteiger partial charge in [0.1, 0.15) is 16.9 Å². The molecule has 10 heteroatoms. The molecule has 2 aliphatic heterocycles. The summed E-state index contributed by atoms with van der Waals surface area (Å²) in [6.45, 7) is 7.00. The minimum Gasteiger partial charge on any atom is -0.398 e. The summed E-state index contributed by atoms with van der Waals surface area (Å²) in [5, 5.41) is 13.6. The predicted octanol–water partition coefficient (Wildman–Crippen LogP) is 5.44. The first-order valence-electron chi connectivity index (χ1n) is 12.0. The number of hydrogen-bond acceptors (Lipinski definition) is 7. The molecule has 0 fully saturated rings.